The molecule has 0 unspecified atom stereocenters. The average molecular weight is 325 g/mol. The first-order valence-corrected chi connectivity index (χ1v) is 8.63. The van der Waals surface area contributed by atoms with E-state index in [9.17, 15) is 4.79 Å². The van der Waals surface area contributed by atoms with Crippen LogP contribution in [0.25, 0.3) is 11.4 Å². The molecule has 0 bridgehead atoms. The summed E-state index contributed by atoms with van der Waals surface area (Å²) in [4.78, 5) is 12.6. The molecule has 2 N–H and O–H groups in total. The van der Waals surface area contributed by atoms with Crippen LogP contribution in [0.5, 0.6) is 0 Å². The summed E-state index contributed by atoms with van der Waals surface area (Å²) in [6, 6.07) is 9.92. The van der Waals surface area contributed by atoms with Crippen molar-refractivity contribution in [3.8, 4) is 11.4 Å². The van der Waals surface area contributed by atoms with Crippen molar-refractivity contribution in [1.82, 2.24) is 25.4 Å². The second kappa shape index (κ2) is 6.02. The summed E-state index contributed by atoms with van der Waals surface area (Å²) < 4.78 is 1.91. The first-order chi connectivity index (χ1) is 11.7. The smallest absolute Gasteiger partial charge is 0.228 e. The van der Waals surface area contributed by atoms with E-state index < -0.39 is 0 Å². The molecule has 2 atom stereocenters. The highest BCUT2D eigenvalue weighted by Crippen LogP contribution is 2.38. The summed E-state index contributed by atoms with van der Waals surface area (Å²) in [7, 11) is 1.92. The van der Waals surface area contributed by atoms with Gasteiger partial charge in [0.25, 0.3) is 0 Å². The quantitative estimate of drug-likeness (QED) is 0.888. The molecule has 1 amide bonds. The molecular formula is C18H23N5O. The number of nitrogens with zero attached hydrogens (tertiary/aromatic N) is 3. The number of aromatic nitrogens is 3. The summed E-state index contributed by atoms with van der Waals surface area (Å²) in [5.41, 5.74) is 0.964. The number of amides is 1. The Hall–Kier alpha value is -2.21. The molecule has 1 saturated heterocycles. The number of nitrogens with one attached hydrogen (secondary N) is 2. The lowest BCUT2D eigenvalue weighted by atomic mass is 9.90. The molecule has 126 valence electrons. The van der Waals surface area contributed by atoms with Gasteiger partial charge in [0.2, 0.25) is 5.91 Å². The van der Waals surface area contributed by atoms with Gasteiger partial charge in [-0.2, -0.15) is 0 Å². The summed E-state index contributed by atoms with van der Waals surface area (Å²) in [5, 5.41) is 15.2. The van der Waals surface area contributed by atoms with E-state index in [1.807, 2.05) is 41.9 Å². The van der Waals surface area contributed by atoms with Crippen LogP contribution in [0, 0.1) is 5.92 Å². The van der Waals surface area contributed by atoms with Crippen molar-refractivity contribution in [3.63, 3.8) is 0 Å². The van der Waals surface area contributed by atoms with Crippen molar-refractivity contribution in [2.45, 2.75) is 31.2 Å². The minimum Gasteiger partial charge on any atom is -0.349 e. The summed E-state index contributed by atoms with van der Waals surface area (Å²) in [6.45, 7) is 1.90. The van der Waals surface area contributed by atoms with E-state index >= 15 is 0 Å². The maximum Gasteiger partial charge on any atom is 0.228 e. The zero-order valence-electron chi connectivity index (χ0n) is 14.0. The normalized spacial score (nSPS) is 25.6. The first kappa shape index (κ1) is 15.3. The van der Waals surface area contributed by atoms with Crippen LogP contribution in [-0.2, 0) is 18.3 Å². The number of rotatable bonds is 4. The molecule has 0 spiro atoms. The molecule has 24 heavy (non-hydrogen) atoms. The number of benzene rings is 1. The van der Waals surface area contributed by atoms with Gasteiger partial charge in [0.05, 0.1) is 12.0 Å². The molecule has 2 aliphatic rings. The standard InChI is InChI=1S/C18H23N5O/c1-23-15(21-22-17(23)13-6-3-2-4-7-13)10-16(24)20-18-9-5-8-14(18)11-19-12-18/h2-4,6-7,14,19H,5,8-12H2,1H3,(H,20,24)/t14-,18-/m0/s1. The minimum absolute atomic E-state index is 0.0423. The number of hydrogen-bond donors (Lipinski definition) is 2. The fraction of sp³-hybridized carbons (Fsp3) is 0.500. The number of hydrogen-bond acceptors (Lipinski definition) is 4. The van der Waals surface area contributed by atoms with E-state index in [1.54, 1.807) is 0 Å². The van der Waals surface area contributed by atoms with Crippen molar-refractivity contribution < 1.29 is 4.79 Å². The van der Waals surface area contributed by atoms with Gasteiger partial charge in [-0.3, -0.25) is 4.79 Å². The van der Waals surface area contributed by atoms with E-state index in [-0.39, 0.29) is 17.9 Å². The third-order valence-corrected chi connectivity index (χ3v) is 5.49. The second-order valence-electron chi connectivity index (χ2n) is 6.97. The number of carbonyl (C=O) groups excluding carboxylic acids is 1. The van der Waals surface area contributed by atoms with Gasteiger partial charge >= 0.3 is 0 Å². The Balaban J connectivity index is 1.48. The lowest BCUT2D eigenvalue weighted by Crippen LogP contribution is -2.52. The van der Waals surface area contributed by atoms with E-state index in [0.717, 1.165) is 30.9 Å². The average Bonchev–Trinajstić information content (AvgIpc) is 3.23. The highest BCUT2D eigenvalue weighted by atomic mass is 16.1. The Kier molecular flexibility index (Phi) is 3.84. The Morgan fingerprint density at radius 1 is 1.38 bits per heavy atom. The Morgan fingerprint density at radius 2 is 2.21 bits per heavy atom. The minimum atomic E-state index is -0.0437. The van der Waals surface area contributed by atoms with Crippen LogP contribution in [0.4, 0.5) is 0 Å². The number of carbonyl (C=O) groups is 1. The molecule has 2 aromatic rings. The van der Waals surface area contributed by atoms with Crippen molar-refractivity contribution in [2.75, 3.05) is 13.1 Å². The molecule has 1 aliphatic carbocycles. The molecule has 6 nitrogen and oxygen atoms in total. The zero-order valence-corrected chi connectivity index (χ0v) is 14.0. The second-order valence-corrected chi connectivity index (χ2v) is 6.97. The van der Waals surface area contributed by atoms with Gasteiger partial charge in [0.1, 0.15) is 5.82 Å². The molecule has 4 rings (SSSR count). The monoisotopic (exact) mass is 325 g/mol. The predicted octanol–water partition coefficient (Wildman–Crippen LogP) is 1.28. The maximum atomic E-state index is 12.6. The van der Waals surface area contributed by atoms with Crippen molar-refractivity contribution in [3.05, 3.63) is 36.2 Å². The first-order valence-electron chi connectivity index (χ1n) is 8.63. The fourth-order valence-corrected chi connectivity index (χ4v) is 4.17. The Labute approximate surface area is 141 Å². The molecule has 0 radical (unpaired) electrons. The molecule has 6 heteroatoms. The van der Waals surface area contributed by atoms with Crippen LogP contribution in [-0.4, -0.2) is 39.3 Å². The maximum absolute atomic E-state index is 12.6. The topological polar surface area (TPSA) is 71.8 Å². The lowest BCUT2D eigenvalue weighted by molar-refractivity contribution is -0.122. The van der Waals surface area contributed by atoms with E-state index in [4.69, 9.17) is 0 Å². The largest absolute Gasteiger partial charge is 0.349 e. The third kappa shape index (κ3) is 2.60. The van der Waals surface area contributed by atoms with Crippen LogP contribution < -0.4 is 10.6 Å². The lowest BCUT2D eigenvalue weighted by Gasteiger charge is -2.29. The van der Waals surface area contributed by atoms with Crippen LogP contribution in [0.15, 0.2) is 30.3 Å². The summed E-state index contributed by atoms with van der Waals surface area (Å²) in [6.07, 6.45) is 3.75. The van der Waals surface area contributed by atoms with Gasteiger partial charge in [0, 0.05) is 25.7 Å². The van der Waals surface area contributed by atoms with Crippen LogP contribution in [0.3, 0.4) is 0 Å². The molecule has 2 fully saturated rings. The SMILES string of the molecule is Cn1c(CC(=O)N[C@]23CCC[C@H]2CNC3)nnc1-c1ccccc1. The summed E-state index contributed by atoms with van der Waals surface area (Å²) in [5.74, 6) is 2.10. The van der Waals surface area contributed by atoms with Gasteiger partial charge in [-0.1, -0.05) is 36.8 Å². The third-order valence-electron chi connectivity index (χ3n) is 5.49. The van der Waals surface area contributed by atoms with Crippen LogP contribution >= 0.6 is 0 Å². The van der Waals surface area contributed by atoms with Gasteiger partial charge in [-0.05, 0) is 18.8 Å². The molecule has 1 aromatic carbocycles. The molecule has 1 aromatic heterocycles. The molecule has 1 saturated carbocycles. The molecule has 1 aliphatic heterocycles. The summed E-state index contributed by atoms with van der Waals surface area (Å²) >= 11 is 0. The fourth-order valence-electron chi connectivity index (χ4n) is 4.17. The highest BCUT2D eigenvalue weighted by molar-refractivity contribution is 5.79. The van der Waals surface area contributed by atoms with Crippen molar-refractivity contribution in [2.24, 2.45) is 13.0 Å². The zero-order chi connectivity index (χ0) is 16.6. The van der Waals surface area contributed by atoms with Gasteiger partial charge in [0.15, 0.2) is 5.82 Å². The van der Waals surface area contributed by atoms with E-state index in [2.05, 4.69) is 20.8 Å². The number of fused-ring (bicyclic) bond motifs is 1. The Bertz CT molecular complexity index is 729. The van der Waals surface area contributed by atoms with Crippen LogP contribution in [0.1, 0.15) is 25.1 Å². The van der Waals surface area contributed by atoms with Gasteiger partial charge in [-0.25, -0.2) is 0 Å². The van der Waals surface area contributed by atoms with E-state index in [1.165, 1.54) is 12.8 Å². The van der Waals surface area contributed by atoms with Crippen LogP contribution in [0.2, 0.25) is 0 Å². The van der Waals surface area contributed by atoms with Crippen molar-refractivity contribution >= 4 is 5.91 Å². The van der Waals surface area contributed by atoms with Gasteiger partial charge in [-0.15, -0.1) is 10.2 Å². The predicted molar refractivity (Wildman–Crippen MR) is 91.2 cm³/mol. The van der Waals surface area contributed by atoms with Crippen molar-refractivity contribution in [1.29, 1.82) is 0 Å². The Morgan fingerprint density at radius 3 is 3.04 bits per heavy atom. The molecule has 2 heterocycles. The molecular weight excluding hydrogens is 302 g/mol. The highest BCUT2D eigenvalue weighted by Gasteiger charge is 2.47. The van der Waals surface area contributed by atoms with Gasteiger partial charge < -0.3 is 15.2 Å². The van der Waals surface area contributed by atoms with E-state index in [0.29, 0.717) is 11.7 Å².